The van der Waals surface area contributed by atoms with Crippen LogP contribution in [-0.4, -0.2) is 13.2 Å². The van der Waals surface area contributed by atoms with Gasteiger partial charge >= 0.3 is 0 Å². The van der Waals surface area contributed by atoms with Crippen LogP contribution in [0.1, 0.15) is 64.1 Å². The SMILES string of the molecule is CCCCCOCC(N)c1ccc(C(C)(C)C)cc1. The van der Waals surface area contributed by atoms with E-state index in [0.29, 0.717) is 6.61 Å². The number of rotatable bonds is 7. The first kappa shape index (κ1) is 16.2. The quantitative estimate of drug-likeness (QED) is 0.749. The Kier molecular flexibility index (Phi) is 6.53. The summed E-state index contributed by atoms with van der Waals surface area (Å²) in [5, 5.41) is 0. The third-order valence-electron chi connectivity index (χ3n) is 3.39. The molecule has 0 aliphatic rings. The first-order valence-electron chi connectivity index (χ1n) is 7.39. The third kappa shape index (κ3) is 5.75. The predicted octanol–water partition coefficient (Wildman–Crippen LogP) is 4.19. The van der Waals surface area contributed by atoms with Crippen LogP contribution in [0.15, 0.2) is 24.3 Å². The topological polar surface area (TPSA) is 35.2 Å². The van der Waals surface area contributed by atoms with E-state index in [2.05, 4.69) is 52.0 Å². The highest BCUT2D eigenvalue weighted by Gasteiger charge is 2.14. The van der Waals surface area contributed by atoms with E-state index in [1.54, 1.807) is 0 Å². The summed E-state index contributed by atoms with van der Waals surface area (Å²) < 4.78 is 5.62. The van der Waals surface area contributed by atoms with E-state index < -0.39 is 0 Å². The third-order valence-corrected chi connectivity index (χ3v) is 3.39. The second-order valence-corrected chi connectivity index (χ2v) is 6.26. The number of hydrogen-bond acceptors (Lipinski definition) is 2. The molecule has 2 N–H and O–H groups in total. The molecule has 0 aliphatic carbocycles. The fourth-order valence-corrected chi connectivity index (χ4v) is 1.99. The average Bonchev–Trinajstić information content (AvgIpc) is 2.37. The minimum absolute atomic E-state index is 0.0179. The minimum atomic E-state index is -0.0179. The summed E-state index contributed by atoms with van der Waals surface area (Å²) in [5.74, 6) is 0. The molecule has 0 spiro atoms. The number of unbranched alkanes of at least 4 members (excludes halogenated alkanes) is 2. The number of nitrogens with two attached hydrogens (primary N) is 1. The van der Waals surface area contributed by atoms with Crippen molar-refractivity contribution in [2.24, 2.45) is 5.73 Å². The Labute approximate surface area is 118 Å². The molecule has 1 unspecified atom stereocenters. The van der Waals surface area contributed by atoms with Gasteiger partial charge in [-0.1, -0.05) is 64.8 Å². The highest BCUT2D eigenvalue weighted by atomic mass is 16.5. The minimum Gasteiger partial charge on any atom is -0.379 e. The standard InChI is InChI=1S/C17H29NO/c1-5-6-7-12-19-13-16(18)14-8-10-15(11-9-14)17(2,3)4/h8-11,16H,5-7,12-13,18H2,1-4H3. The lowest BCUT2D eigenvalue weighted by atomic mass is 9.86. The monoisotopic (exact) mass is 263 g/mol. The molecule has 1 rings (SSSR count). The van der Waals surface area contributed by atoms with Crippen LogP contribution < -0.4 is 5.73 Å². The molecule has 1 aromatic rings. The van der Waals surface area contributed by atoms with Crippen LogP contribution >= 0.6 is 0 Å². The first-order valence-corrected chi connectivity index (χ1v) is 7.39. The lowest BCUT2D eigenvalue weighted by molar-refractivity contribution is 0.117. The van der Waals surface area contributed by atoms with Gasteiger partial charge in [0.05, 0.1) is 12.6 Å². The number of hydrogen-bond donors (Lipinski definition) is 1. The zero-order valence-corrected chi connectivity index (χ0v) is 12.9. The number of ether oxygens (including phenoxy) is 1. The van der Waals surface area contributed by atoms with Gasteiger partial charge in [-0.3, -0.25) is 0 Å². The average molecular weight is 263 g/mol. The molecule has 0 heterocycles. The van der Waals surface area contributed by atoms with Crippen molar-refractivity contribution in [2.75, 3.05) is 13.2 Å². The molecule has 108 valence electrons. The molecule has 0 aromatic heterocycles. The molecule has 0 amide bonds. The van der Waals surface area contributed by atoms with Crippen LogP contribution in [0.4, 0.5) is 0 Å². The maximum Gasteiger partial charge on any atom is 0.0659 e. The van der Waals surface area contributed by atoms with E-state index in [1.165, 1.54) is 18.4 Å². The fourth-order valence-electron chi connectivity index (χ4n) is 1.99. The van der Waals surface area contributed by atoms with E-state index in [0.717, 1.165) is 18.6 Å². The molecule has 2 nitrogen and oxygen atoms in total. The van der Waals surface area contributed by atoms with Crippen molar-refractivity contribution in [3.05, 3.63) is 35.4 Å². The highest BCUT2D eigenvalue weighted by Crippen LogP contribution is 2.23. The van der Waals surface area contributed by atoms with Gasteiger partial charge in [0.15, 0.2) is 0 Å². The van der Waals surface area contributed by atoms with Gasteiger partial charge in [-0.15, -0.1) is 0 Å². The Bertz CT molecular complexity index is 351. The van der Waals surface area contributed by atoms with Gasteiger partial charge in [-0.25, -0.2) is 0 Å². The van der Waals surface area contributed by atoms with E-state index in [1.807, 2.05) is 0 Å². The molecule has 19 heavy (non-hydrogen) atoms. The summed E-state index contributed by atoms with van der Waals surface area (Å²) in [7, 11) is 0. The molecular formula is C17H29NO. The number of benzene rings is 1. The Morgan fingerprint density at radius 3 is 2.26 bits per heavy atom. The van der Waals surface area contributed by atoms with E-state index in [-0.39, 0.29) is 11.5 Å². The molecule has 1 aromatic carbocycles. The smallest absolute Gasteiger partial charge is 0.0659 e. The van der Waals surface area contributed by atoms with Crippen LogP contribution in [0.25, 0.3) is 0 Å². The van der Waals surface area contributed by atoms with Crippen molar-refractivity contribution >= 4 is 0 Å². The van der Waals surface area contributed by atoms with Gasteiger partial charge in [-0.05, 0) is 23.0 Å². The van der Waals surface area contributed by atoms with Crippen molar-refractivity contribution in [3.8, 4) is 0 Å². The largest absolute Gasteiger partial charge is 0.379 e. The van der Waals surface area contributed by atoms with Gasteiger partial charge in [0.1, 0.15) is 0 Å². The van der Waals surface area contributed by atoms with E-state index in [4.69, 9.17) is 10.5 Å². The Balaban J connectivity index is 2.42. The summed E-state index contributed by atoms with van der Waals surface area (Å²) in [6.45, 7) is 10.3. The maximum atomic E-state index is 6.14. The molecule has 0 aliphatic heterocycles. The first-order chi connectivity index (χ1) is 8.95. The van der Waals surface area contributed by atoms with Crippen molar-refractivity contribution in [3.63, 3.8) is 0 Å². The highest BCUT2D eigenvalue weighted by molar-refractivity contribution is 5.29. The fraction of sp³-hybridized carbons (Fsp3) is 0.647. The molecule has 1 atom stereocenters. The van der Waals surface area contributed by atoms with Crippen LogP contribution in [-0.2, 0) is 10.2 Å². The second kappa shape index (κ2) is 7.66. The molecule has 0 bridgehead atoms. The molecular weight excluding hydrogens is 234 g/mol. The summed E-state index contributed by atoms with van der Waals surface area (Å²) >= 11 is 0. The molecule has 0 radical (unpaired) electrons. The Morgan fingerprint density at radius 1 is 1.11 bits per heavy atom. The zero-order valence-electron chi connectivity index (χ0n) is 12.9. The summed E-state index contributed by atoms with van der Waals surface area (Å²) in [6, 6.07) is 8.58. The normalized spacial score (nSPS) is 13.5. The van der Waals surface area contributed by atoms with Gasteiger partial charge in [0.2, 0.25) is 0 Å². The zero-order chi connectivity index (χ0) is 14.3. The van der Waals surface area contributed by atoms with Gasteiger partial charge in [-0.2, -0.15) is 0 Å². The van der Waals surface area contributed by atoms with Crippen molar-refractivity contribution in [1.29, 1.82) is 0 Å². The Morgan fingerprint density at radius 2 is 1.74 bits per heavy atom. The summed E-state index contributed by atoms with van der Waals surface area (Å²) in [5.41, 5.74) is 8.83. The van der Waals surface area contributed by atoms with Crippen molar-refractivity contribution in [1.82, 2.24) is 0 Å². The second-order valence-electron chi connectivity index (χ2n) is 6.26. The van der Waals surface area contributed by atoms with Gasteiger partial charge in [0.25, 0.3) is 0 Å². The van der Waals surface area contributed by atoms with Gasteiger partial charge in [0, 0.05) is 6.61 Å². The van der Waals surface area contributed by atoms with Gasteiger partial charge < -0.3 is 10.5 Å². The molecule has 2 heteroatoms. The maximum absolute atomic E-state index is 6.14. The summed E-state index contributed by atoms with van der Waals surface area (Å²) in [4.78, 5) is 0. The Hall–Kier alpha value is -0.860. The lowest BCUT2D eigenvalue weighted by Gasteiger charge is -2.20. The lowest BCUT2D eigenvalue weighted by Crippen LogP contribution is -2.18. The van der Waals surface area contributed by atoms with E-state index in [9.17, 15) is 0 Å². The van der Waals surface area contributed by atoms with Crippen LogP contribution in [0.3, 0.4) is 0 Å². The molecule has 0 fully saturated rings. The van der Waals surface area contributed by atoms with E-state index >= 15 is 0 Å². The van der Waals surface area contributed by atoms with Crippen LogP contribution in [0.2, 0.25) is 0 Å². The van der Waals surface area contributed by atoms with Crippen molar-refractivity contribution in [2.45, 2.75) is 58.4 Å². The van der Waals surface area contributed by atoms with Crippen LogP contribution in [0.5, 0.6) is 0 Å². The molecule has 0 saturated heterocycles. The van der Waals surface area contributed by atoms with Crippen LogP contribution in [0, 0.1) is 0 Å². The predicted molar refractivity (Wildman–Crippen MR) is 82.4 cm³/mol. The summed E-state index contributed by atoms with van der Waals surface area (Å²) in [6.07, 6.45) is 3.59. The molecule has 0 saturated carbocycles. The van der Waals surface area contributed by atoms with Crippen molar-refractivity contribution < 1.29 is 4.74 Å².